The van der Waals surface area contributed by atoms with Gasteiger partial charge in [0.15, 0.2) is 5.82 Å². The standard InChI is InChI=1S/C48H66F2N8O7S/c1-32(2)39-20-34-22-45(27-59)37-14-12-33(3)36(37)23-46(34,48(39,45)44(62)63)28-65-18-9-19-66-24-43(61)53-16-7-4-5-11-42(60)52-17-8-6-10-41-54-31-58(56-41)26-47(64,25-57-30-51-29-55-57)38-15-13-35(49)21-40(38)50/h13,15,20-21,27,29-34,36-37,64H,4-12,14,16-19,22-26,28H2,1-3H3,(H,52,60)(H,53,61)(H,62,63)/t33-,34?,36?,37?,45+,46?,47?,48?/m1/s1. The molecule has 2 amide bonds. The zero-order chi connectivity index (χ0) is 47.1. The number of hydrogen-bond donors (Lipinski definition) is 4. The van der Waals surface area contributed by atoms with Crippen molar-refractivity contribution >= 4 is 35.8 Å². The lowest BCUT2D eigenvalue weighted by molar-refractivity contribution is -0.186. The minimum absolute atomic E-state index is 0.0186. The number of fused-ring (bicyclic) bond motifs is 2. The molecule has 15 nitrogen and oxygen atoms in total. The van der Waals surface area contributed by atoms with E-state index in [0.717, 1.165) is 68.3 Å². The average molecular weight is 937 g/mol. The van der Waals surface area contributed by atoms with Crippen LogP contribution >= 0.6 is 11.8 Å². The number of nitrogens with zero attached hydrogens (tertiary/aromatic N) is 6. The van der Waals surface area contributed by atoms with Gasteiger partial charge in [-0.05, 0) is 92.8 Å². The molecule has 2 heterocycles. The topological polar surface area (TPSA) is 203 Å². The van der Waals surface area contributed by atoms with Gasteiger partial charge in [0.25, 0.3) is 0 Å². The molecule has 7 rings (SSSR count). The van der Waals surface area contributed by atoms with E-state index in [1.54, 1.807) is 11.8 Å². The van der Waals surface area contributed by atoms with Gasteiger partial charge in [0, 0.05) is 49.6 Å². The Balaban J connectivity index is 0.726. The fourth-order valence-electron chi connectivity index (χ4n) is 12.4. The number of aldehydes is 1. The molecular formula is C48H66F2N8O7S. The summed E-state index contributed by atoms with van der Waals surface area (Å²) in [5.74, 6) is -0.00573. The van der Waals surface area contributed by atoms with Crippen molar-refractivity contribution < 1.29 is 42.9 Å². The summed E-state index contributed by atoms with van der Waals surface area (Å²) in [6.07, 6.45) is 16.1. The predicted octanol–water partition coefficient (Wildman–Crippen LogP) is 5.92. The van der Waals surface area contributed by atoms with Crippen LogP contribution in [0.1, 0.15) is 103 Å². The van der Waals surface area contributed by atoms with E-state index in [-0.39, 0.29) is 48.2 Å². The molecule has 3 fully saturated rings. The first kappa shape index (κ1) is 49.4. The van der Waals surface area contributed by atoms with Crippen LogP contribution in [0.2, 0.25) is 0 Å². The maximum Gasteiger partial charge on any atom is 0.315 e. The monoisotopic (exact) mass is 936 g/mol. The number of carbonyl (C=O) groups excluding carboxylic acids is 3. The number of carboxylic acid groups (broad SMARTS) is 1. The molecule has 3 aromatic rings. The number of unbranched alkanes of at least 4 members (excludes halogenated alkanes) is 3. The van der Waals surface area contributed by atoms with Crippen molar-refractivity contribution in [3.05, 3.63) is 71.9 Å². The molecular weight excluding hydrogens is 871 g/mol. The number of allylic oxidation sites excluding steroid dienone is 1. The number of aliphatic carboxylic acids is 1. The molecule has 66 heavy (non-hydrogen) atoms. The number of ether oxygens (including phenoxy) is 1. The first-order chi connectivity index (χ1) is 31.7. The SMILES string of the molecule is CC(C)C1=CC2C[C@]3(C=O)C4CC[C@@H](C)C4CC2(COCCCSCC(=O)NCCCCCC(=O)NCCCCc2ncn(CC(O)(Cn4cncn4)c4ccc(F)cc4F)n2)C13C(=O)O. The average Bonchev–Trinajstić information content (AvgIpc) is 4.11. The quantitative estimate of drug-likeness (QED) is 0.0400. The Labute approximate surface area is 389 Å². The normalized spacial score (nSPS) is 27.1. The summed E-state index contributed by atoms with van der Waals surface area (Å²) in [6.45, 7) is 7.91. The predicted molar refractivity (Wildman–Crippen MR) is 243 cm³/mol. The summed E-state index contributed by atoms with van der Waals surface area (Å²) in [7, 11) is 0. The number of nitrogens with one attached hydrogen (secondary N) is 2. The molecule has 360 valence electrons. The number of benzene rings is 1. The molecule has 6 unspecified atom stereocenters. The summed E-state index contributed by atoms with van der Waals surface area (Å²) in [5, 5.41) is 37.0. The van der Waals surface area contributed by atoms with Crippen LogP contribution < -0.4 is 10.6 Å². The van der Waals surface area contributed by atoms with Crippen LogP contribution in [0.5, 0.6) is 0 Å². The maximum atomic E-state index is 14.8. The largest absolute Gasteiger partial charge is 0.481 e. The Morgan fingerprint density at radius 3 is 2.52 bits per heavy atom. The van der Waals surface area contributed by atoms with Gasteiger partial charge in [-0.25, -0.2) is 28.1 Å². The summed E-state index contributed by atoms with van der Waals surface area (Å²) in [5.41, 5.74) is -3.72. The van der Waals surface area contributed by atoms with Crippen molar-refractivity contribution in [2.45, 2.75) is 117 Å². The number of rotatable bonds is 27. The fourth-order valence-corrected chi connectivity index (χ4v) is 13.1. The van der Waals surface area contributed by atoms with Gasteiger partial charge in [-0.1, -0.05) is 51.3 Å². The van der Waals surface area contributed by atoms with Crippen molar-refractivity contribution in [3.63, 3.8) is 0 Å². The second-order valence-electron chi connectivity index (χ2n) is 19.5. The van der Waals surface area contributed by atoms with E-state index in [2.05, 4.69) is 57.6 Å². The molecule has 0 aliphatic heterocycles. The third-order valence-corrected chi connectivity index (χ3v) is 16.2. The molecule has 2 aromatic heterocycles. The highest BCUT2D eigenvalue weighted by Gasteiger charge is 2.84. The molecule has 4 bridgehead atoms. The molecule has 1 aromatic carbocycles. The van der Waals surface area contributed by atoms with Crippen molar-refractivity contribution in [3.8, 4) is 0 Å². The summed E-state index contributed by atoms with van der Waals surface area (Å²) in [6, 6.07) is 3.01. The fraction of sp³-hybridized carbons (Fsp3) is 0.667. The van der Waals surface area contributed by atoms with Gasteiger partial charge >= 0.3 is 5.97 Å². The number of amides is 2. The molecule has 8 atom stereocenters. The van der Waals surface area contributed by atoms with Crippen LogP contribution in [-0.4, -0.2) is 102 Å². The molecule has 3 saturated carbocycles. The minimum Gasteiger partial charge on any atom is -0.481 e. The van der Waals surface area contributed by atoms with E-state index in [0.29, 0.717) is 88.2 Å². The van der Waals surface area contributed by atoms with E-state index >= 15 is 0 Å². The summed E-state index contributed by atoms with van der Waals surface area (Å²) >= 11 is 1.54. The lowest BCUT2D eigenvalue weighted by Gasteiger charge is -2.58. The highest BCUT2D eigenvalue weighted by molar-refractivity contribution is 7.99. The molecule has 0 radical (unpaired) electrons. The van der Waals surface area contributed by atoms with Gasteiger partial charge in [-0.3, -0.25) is 14.4 Å². The molecule has 18 heteroatoms. The second-order valence-corrected chi connectivity index (χ2v) is 20.6. The Morgan fingerprint density at radius 1 is 1.02 bits per heavy atom. The molecule has 4 aliphatic carbocycles. The molecule has 4 N–H and O–H groups in total. The Morgan fingerprint density at radius 2 is 1.79 bits per heavy atom. The highest BCUT2D eigenvalue weighted by Crippen LogP contribution is 2.82. The number of aliphatic hydroxyl groups is 1. The third-order valence-electron chi connectivity index (χ3n) is 15.2. The number of hydrogen-bond acceptors (Lipinski definition) is 11. The van der Waals surface area contributed by atoms with Gasteiger partial charge in [-0.15, -0.1) is 0 Å². The smallest absolute Gasteiger partial charge is 0.315 e. The van der Waals surface area contributed by atoms with E-state index in [1.807, 2.05) is 0 Å². The Hall–Kier alpha value is -4.55. The number of halogens is 2. The van der Waals surface area contributed by atoms with Crippen LogP contribution in [-0.2, 0) is 49.0 Å². The van der Waals surface area contributed by atoms with Crippen LogP contribution in [0, 0.1) is 57.5 Å². The summed E-state index contributed by atoms with van der Waals surface area (Å²) < 4.78 is 37.6. The van der Waals surface area contributed by atoms with Crippen molar-refractivity contribution in [2.24, 2.45) is 45.8 Å². The van der Waals surface area contributed by atoms with Crippen LogP contribution in [0.3, 0.4) is 0 Å². The molecule has 4 aliphatic rings. The number of aryl methyl sites for hydroxylation is 1. The zero-order valence-corrected chi connectivity index (χ0v) is 39.2. The van der Waals surface area contributed by atoms with E-state index in [1.165, 1.54) is 34.4 Å². The van der Waals surface area contributed by atoms with Crippen molar-refractivity contribution in [1.82, 2.24) is 40.2 Å². The number of carboxylic acids is 1. The lowest BCUT2D eigenvalue weighted by atomic mass is 9.43. The van der Waals surface area contributed by atoms with Gasteiger partial charge < -0.3 is 30.4 Å². The number of carbonyl (C=O) groups is 4. The number of thioether (sulfide) groups is 1. The van der Waals surface area contributed by atoms with Gasteiger partial charge in [-0.2, -0.15) is 22.0 Å². The zero-order valence-electron chi connectivity index (χ0n) is 38.4. The number of aromatic nitrogens is 6. The molecule has 0 spiro atoms. The first-order valence-electron chi connectivity index (χ1n) is 23.7. The van der Waals surface area contributed by atoms with Crippen LogP contribution in [0.25, 0.3) is 0 Å². The lowest BCUT2D eigenvalue weighted by Crippen LogP contribution is -2.63. The van der Waals surface area contributed by atoms with E-state index in [9.17, 15) is 38.2 Å². The summed E-state index contributed by atoms with van der Waals surface area (Å²) in [4.78, 5) is 59.9. The van der Waals surface area contributed by atoms with Crippen LogP contribution in [0.15, 0.2) is 48.8 Å². The van der Waals surface area contributed by atoms with Gasteiger partial charge in [0.1, 0.15) is 47.9 Å². The Kier molecular flexibility index (Phi) is 15.8. The van der Waals surface area contributed by atoms with Gasteiger partial charge in [0.2, 0.25) is 11.8 Å². The maximum absolute atomic E-state index is 14.8. The van der Waals surface area contributed by atoms with Crippen molar-refractivity contribution in [1.29, 1.82) is 0 Å². The minimum atomic E-state index is -1.82. The van der Waals surface area contributed by atoms with E-state index in [4.69, 9.17) is 4.74 Å². The molecule has 0 saturated heterocycles. The first-order valence-corrected chi connectivity index (χ1v) is 24.8. The van der Waals surface area contributed by atoms with E-state index < -0.39 is 39.4 Å². The second kappa shape index (κ2) is 21.2. The Bertz CT molecular complexity index is 2210. The highest BCUT2D eigenvalue weighted by atomic mass is 32.2. The van der Waals surface area contributed by atoms with Gasteiger partial charge in [0.05, 0.1) is 30.9 Å². The van der Waals surface area contributed by atoms with Crippen molar-refractivity contribution in [2.75, 3.05) is 37.8 Å². The third kappa shape index (κ3) is 9.73. The van der Waals surface area contributed by atoms with Crippen LogP contribution in [0.4, 0.5) is 8.78 Å².